The fraction of sp³-hybridized carbons (Fsp3) is 0.889. The van der Waals surface area contributed by atoms with Crippen LogP contribution >= 0.6 is 0 Å². The largest absolute Gasteiger partial charge is 2.00 e. The Balaban J connectivity index is -0.00000000871. The maximum atomic E-state index is 7.73. The van der Waals surface area contributed by atoms with Gasteiger partial charge < -0.3 is 13.8 Å². The summed E-state index contributed by atoms with van der Waals surface area (Å²) in [6, 6.07) is 0. The van der Waals surface area contributed by atoms with Gasteiger partial charge in [0.15, 0.2) is 0 Å². The summed E-state index contributed by atoms with van der Waals surface area (Å²) in [6.45, 7) is 10.1. The predicted molar refractivity (Wildman–Crippen MR) is 112 cm³/mol. The fourth-order valence-electron chi connectivity index (χ4n) is 0.654. The monoisotopic (exact) mass is 495 g/mol. The van der Waals surface area contributed by atoms with Crippen molar-refractivity contribution < 1.29 is 21.1 Å². The smallest absolute Gasteiger partial charge is 0.343 e. The number of azide groups is 1. The summed E-state index contributed by atoms with van der Waals surface area (Å²) in [4.78, 5) is 2.57. The van der Waals surface area contributed by atoms with Crippen LogP contribution in [0.4, 0.5) is 0 Å². The van der Waals surface area contributed by atoms with E-state index in [9.17, 15) is 0 Å². The van der Waals surface area contributed by atoms with Crippen molar-refractivity contribution in [1.82, 2.24) is 0 Å². The Hall–Kier alpha value is -0.00169. The molecule has 3 nitrogen and oxygen atoms in total. The molecule has 0 fully saturated rings. The Morgan fingerprint density at radius 1 is 0.773 bits per heavy atom. The van der Waals surface area contributed by atoms with Crippen LogP contribution in [-0.4, -0.2) is 6.54 Å². The molecule has 0 aromatic heterocycles. The Kier molecular flexibility index (Phi) is 378. The molecule has 0 aromatic rings. The van der Waals surface area contributed by atoms with Crippen LogP contribution in [0.2, 0.25) is 0 Å². The predicted octanol–water partition coefficient (Wildman–Crippen LogP) is 9.40. The van der Waals surface area contributed by atoms with Crippen LogP contribution in [0.5, 0.6) is 0 Å². The average molecular weight is 495 g/mol. The van der Waals surface area contributed by atoms with E-state index in [1.54, 1.807) is 0 Å². The molecule has 0 N–H and O–H groups in total. The number of nitrogens with zero attached hydrogens (tertiary/aromatic N) is 3. The van der Waals surface area contributed by atoms with Gasteiger partial charge in [0.25, 0.3) is 0 Å². The maximum absolute atomic E-state index is 7.73. The Labute approximate surface area is 162 Å². The molecule has 22 heavy (non-hydrogen) atoms. The van der Waals surface area contributed by atoms with Crippen LogP contribution in [0, 0.1) is 13.8 Å². The molecule has 0 saturated carbocycles. The number of hydrogen-bond donors (Lipinski definition) is 0. The molecule has 0 aliphatic rings. The summed E-state index contributed by atoms with van der Waals surface area (Å²) < 4.78 is 0. The van der Waals surface area contributed by atoms with Gasteiger partial charge in [-0.15, -0.1) is 0 Å². The minimum absolute atomic E-state index is 0. The Morgan fingerprint density at radius 3 is 1.32 bits per heavy atom. The first-order chi connectivity index (χ1) is 6.33. The normalized spacial score (nSPS) is 4.86. The van der Waals surface area contributed by atoms with E-state index < -0.39 is 0 Å². The van der Waals surface area contributed by atoms with Gasteiger partial charge in [-0.3, -0.25) is 0 Å². The first-order valence-electron chi connectivity index (χ1n) is 4.92. The van der Waals surface area contributed by atoms with Gasteiger partial charge in [0.1, 0.15) is 0 Å². The average Bonchev–Trinajstić information content (AvgIpc) is 2.17. The molecule has 146 valence electrons. The van der Waals surface area contributed by atoms with Crippen LogP contribution in [-0.2, 0) is 21.1 Å². The van der Waals surface area contributed by atoms with Gasteiger partial charge in [-0.25, -0.2) is 0 Å². The minimum Gasteiger partial charge on any atom is -0.343 e. The number of rotatable bonds is 6. The summed E-state index contributed by atoms with van der Waals surface area (Å²) in [5.74, 6) is 0. The van der Waals surface area contributed by atoms with E-state index in [0.29, 0.717) is 6.54 Å². The second kappa shape index (κ2) is 104. The molecule has 0 saturated heterocycles. The second-order valence-electron chi connectivity index (χ2n) is 2.72. The van der Waals surface area contributed by atoms with Crippen molar-refractivity contribution in [2.24, 2.45) is 5.11 Å². The van der Waals surface area contributed by atoms with Crippen molar-refractivity contribution in [2.75, 3.05) is 6.54 Å². The summed E-state index contributed by atoms with van der Waals surface area (Å²) in [5, 5.41) is 3.30. The third-order valence-corrected chi connectivity index (χ3v) is 1.42. The maximum Gasteiger partial charge on any atom is 2.00 e. The second-order valence-corrected chi connectivity index (χ2v) is 2.72. The van der Waals surface area contributed by atoms with E-state index in [-0.39, 0.29) is 80.5 Å². The Bertz CT molecular complexity index is 122. The molecule has 0 rings (SSSR count). The third kappa shape index (κ3) is 147. The van der Waals surface area contributed by atoms with E-state index in [2.05, 4.69) is 30.8 Å². The van der Waals surface area contributed by atoms with Gasteiger partial charge in [0.05, 0.1) is 0 Å². The first kappa shape index (κ1) is 80.2. The van der Waals surface area contributed by atoms with Crippen LogP contribution in [0.25, 0.3) is 10.4 Å². The van der Waals surface area contributed by atoms with Crippen molar-refractivity contribution in [1.29, 1.82) is 0 Å². The van der Waals surface area contributed by atoms with Crippen molar-refractivity contribution in [3.05, 3.63) is 24.3 Å². The molecule has 4 heteroatoms. The number of unbranched alkanes of at least 4 members (excludes halogenated alkanes) is 4. The Morgan fingerprint density at radius 2 is 1.14 bits per heavy atom. The standard InChI is InChI=1S/C6H13.C4H8N3.8CH4.W/c1-3-5-6-4-2;1-2-3-4-6-7-5;;;;;;;;;/h1,3-6H2,2H3;1-4H2;8*1H4;/q2*-1;;;;;;;;;+2. The zero-order valence-corrected chi connectivity index (χ0v) is 12.0. The topological polar surface area (TPSA) is 48.8 Å². The summed E-state index contributed by atoms with van der Waals surface area (Å²) in [5.41, 5.74) is 7.73. The molecule has 0 aromatic carbocycles. The van der Waals surface area contributed by atoms with E-state index in [1.165, 1.54) is 19.3 Å². The van der Waals surface area contributed by atoms with Gasteiger partial charge in [0, 0.05) is 11.5 Å². The molecule has 0 spiro atoms. The SMILES string of the molecule is C.C.C.C.C.C.C.C.[CH2-]CCCCC.[CH2-]CCCN=[N+]=[N-].[W+2]. The van der Waals surface area contributed by atoms with Crippen LogP contribution < -0.4 is 0 Å². The molecule has 0 unspecified atom stereocenters. The quantitative estimate of drug-likeness (QED) is 0.116. The summed E-state index contributed by atoms with van der Waals surface area (Å²) in [6.07, 6.45) is 6.81. The van der Waals surface area contributed by atoms with Gasteiger partial charge in [-0.1, -0.05) is 97.1 Å². The van der Waals surface area contributed by atoms with Crippen molar-refractivity contribution in [2.45, 2.75) is 105 Å². The zero-order chi connectivity index (χ0) is 10.4. The van der Waals surface area contributed by atoms with Crippen LogP contribution in [0.1, 0.15) is 105 Å². The van der Waals surface area contributed by atoms with Crippen molar-refractivity contribution >= 4 is 0 Å². The third-order valence-electron chi connectivity index (χ3n) is 1.42. The van der Waals surface area contributed by atoms with Crippen molar-refractivity contribution in [3.8, 4) is 0 Å². The fourth-order valence-corrected chi connectivity index (χ4v) is 0.654. The van der Waals surface area contributed by atoms with Crippen molar-refractivity contribution in [3.63, 3.8) is 0 Å². The van der Waals surface area contributed by atoms with Gasteiger partial charge in [0.2, 0.25) is 0 Å². The van der Waals surface area contributed by atoms with Gasteiger partial charge >= 0.3 is 21.1 Å². The summed E-state index contributed by atoms with van der Waals surface area (Å²) in [7, 11) is 0. The van der Waals surface area contributed by atoms with Crippen LogP contribution in [0.15, 0.2) is 5.11 Å². The van der Waals surface area contributed by atoms with E-state index in [4.69, 9.17) is 5.53 Å². The van der Waals surface area contributed by atoms with E-state index in [0.717, 1.165) is 19.3 Å². The molecule has 0 aliphatic heterocycles. The summed E-state index contributed by atoms with van der Waals surface area (Å²) >= 11 is 0. The molecule has 0 heterocycles. The zero-order valence-electron chi connectivity index (χ0n) is 9.11. The molecular formula is C18H53N3W. The molecule has 0 bridgehead atoms. The van der Waals surface area contributed by atoms with E-state index in [1.807, 2.05) is 0 Å². The molecule has 0 radical (unpaired) electrons. The molecular weight excluding hydrogens is 442 g/mol. The molecule has 0 amide bonds. The minimum atomic E-state index is 0. The molecule has 0 atom stereocenters. The molecule has 0 aliphatic carbocycles. The number of hydrogen-bond acceptors (Lipinski definition) is 1. The van der Waals surface area contributed by atoms with Gasteiger partial charge in [-0.05, 0) is 5.53 Å². The van der Waals surface area contributed by atoms with Crippen LogP contribution in [0.3, 0.4) is 0 Å². The first-order valence-corrected chi connectivity index (χ1v) is 4.92. The van der Waals surface area contributed by atoms with E-state index >= 15 is 0 Å². The van der Waals surface area contributed by atoms with Gasteiger partial charge in [-0.2, -0.15) is 12.8 Å².